The number of ether oxygens (including phenoxy) is 2. The summed E-state index contributed by atoms with van der Waals surface area (Å²) in [5, 5.41) is 0.472. The highest BCUT2D eigenvalue weighted by Crippen LogP contribution is 2.14. The third-order valence-electron chi connectivity index (χ3n) is 2.62. The topological polar surface area (TPSA) is 81.3 Å². The van der Waals surface area contributed by atoms with Gasteiger partial charge in [0.15, 0.2) is 5.16 Å². The van der Waals surface area contributed by atoms with Gasteiger partial charge in [0.1, 0.15) is 12.3 Å². The molecule has 0 aliphatic carbocycles. The van der Waals surface area contributed by atoms with Crippen LogP contribution in [0.15, 0.2) is 41.7 Å². The standard InChI is InChI=1S/C15H16N2O4S/c1-2-20-14(19)12-8-16-15(17-12)22-10-13(18)21-9-11-6-4-3-5-7-11/h3-8H,2,9-10H2,1H3,(H,16,17). The smallest absolute Gasteiger partial charge is 0.356 e. The fraction of sp³-hybridized carbons (Fsp3) is 0.267. The SMILES string of the molecule is CCOC(=O)c1cnc(SCC(=O)OCc2ccccc2)[nH]1. The van der Waals surface area contributed by atoms with Gasteiger partial charge in [-0.1, -0.05) is 42.1 Å². The Morgan fingerprint density at radius 1 is 1.23 bits per heavy atom. The monoisotopic (exact) mass is 320 g/mol. The highest BCUT2D eigenvalue weighted by Gasteiger charge is 2.12. The number of imidazole rings is 1. The summed E-state index contributed by atoms with van der Waals surface area (Å²) in [6.45, 7) is 2.27. The van der Waals surface area contributed by atoms with Crippen LogP contribution in [0.4, 0.5) is 0 Å². The number of hydrogen-bond acceptors (Lipinski definition) is 6. The summed E-state index contributed by atoms with van der Waals surface area (Å²) in [4.78, 5) is 29.9. The van der Waals surface area contributed by atoms with E-state index in [1.807, 2.05) is 30.3 Å². The molecule has 0 aliphatic heterocycles. The van der Waals surface area contributed by atoms with Crippen LogP contribution in [0.3, 0.4) is 0 Å². The molecule has 0 unspecified atom stereocenters. The number of carbonyl (C=O) groups is 2. The van der Waals surface area contributed by atoms with Crippen molar-refractivity contribution in [3.05, 3.63) is 47.8 Å². The number of carbonyl (C=O) groups excluding carboxylic acids is 2. The minimum Gasteiger partial charge on any atom is -0.461 e. The summed E-state index contributed by atoms with van der Waals surface area (Å²) in [5.74, 6) is -0.695. The highest BCUT2D eigenvalue weighted by molar-refractivity contribution is 7.99. The van der Waals surface area contributed by atoms with E-state index in [-0.39, 0.29) is 24.0 Å². The quantitative estimate of drug-likeness (QED) is 0.623. The fourth-order valence-electron chi connectivity index (χ4n) is 1.60. The Labute approximate surface area is 132 Å². The molecule has 22 heavy (non-hydrogen) atoms. The Balaban J connectivity index is 1.75. The summed E-state index contributed by atoms with van der Waals surface area (Å²) in [6.07, 6.45) is 1.38. The summed E-state index contributed by atoms with van der Waals surface area (Å²) >= 11 is 1.17. The van der Waals surface area contributed by atoms with Gasteiger partial charge in [-0.25, -0.2) is 9.78 Å². The zero-order chi connectivity index (χ0) is 15.8. The first kappa shape index (κ1) is 16.1. The second-order valence-corrected chi connectivity index (χ2v) is 5.22. The van der Waals surface area contributed by atoms with Gasteiger partial charge in [-0.15, -0.1) is 0 Å². The van der Waals surface area contributed by atoms with E-state index in [2.05, 4.69) is 9.97 Å². The van der Waals surface area contributed by atoms with Gasteiger partial charge < -0.3 is 14.5 Å². The van der Waals surface area contributed by atoms with E-state index in [9.17, 15) is 9.59 Å². The number of hydrogen-bond donors (Lipinski definition) is 1. The first-order valence-corrected chi connectivity index (χ1v) is 7.72. The number of nitrogens with zero attached hydrogens (tertiary/aromatic N) is 1. The van der Waals surface area contributed by atoms with Gasteiger partial charge in [-0.3, -0.25) is 4.79 Å². The number of esters is 2. The molecular formula is C15H16N2O4S. The molecule has 0 atom stereocenters. The van der Waals surface area contributed by atoms with Crippen molar-refractivity contribution in [3.63, 3.8) is 0 Å². The van der Waals surface area contributed by atoms with E-state index in [0.717, 1.165) is 5.56 Å². The van der Waals surface area contributed by atoms with E-state index in [1.165, 1.54) is 18.0 Å². The van der Waals surface area contributed by atoms with Gasteiger partial charge in [0.2, 0.25) is 0 Å². The molecule has 2 rings (SSSR count). The molecule has 1 aromatic carbocycles. The van der Waals surface area contributed by atoms with Crippen molar-refractivity contribution in [2.45, 2.75) is 18.7 Å². The van der Waals surface area contributed by atoms with Crippen molar-refractivity contribution in [1.82, 2.24) is 9.97 Å². The number of nitrogens with one attached hydrogen (secondary N) is 1. The molecule has 0 aliphatic rings. The Bertz CT molecular complexity index is 627. The Hall–Kier alpha value is -2.28. The number of rotatable bonds is 7. The Morgan fingerprint density at radius 3 is 2.73 bits per heavy atom. The van der Waals surface area contributed by atoms with E-state index in [1.54, 1.807) is 6.92 Å². The third-order valence-corrected chi connectivity index (χ3v) is 3.48. The zero-order valence-electron chi connectivity index (χ0n) is 12.1. The predicted molar refractivity (Wildman–Crippen MR) is 81.5 cm³/mol. The van der Waals surface area contributed by atoms with Crippen LogP contribution in [0.25, 0.3) is 0 Å². The van der Waals surface area contributed by atoms with Gasteiger partial charge in [0.05, 0.1) is 18.6 Å². The fourth-order valence-corrected chi connectivity index (χ4v) is 2.24. The molecule has 0 bridgehead atoms. The molecule has 0 saturated carbocycles. The molecule has 0 fully saturated rings. The van der Waals surface area contributed by atoms with Crippen molar-refractivity contribution >= 4 is 23.7 Å². The summed E-state index contributed by atoms with van der Waals surface area (Å²) in [7, 11) is 0. The average molecular weight is 320 g/mol. The van der Waals surface area contributed by atoms with Crippen LogP contribution in [0.1, 0.15) is 23.0 Å². The van der Waals surface area contributed by atoms with Crippen LogP contribution in [-0.2, 0) is 20.9 Å². The zero-order valence-corrected chi connectivity index (χ0v) is 12.9. The lowest BCUT2D eigenvalue weighted by atomic mass is 10.2. The van der Waals surface area contributed by atoms with Crippen molar-refractivity contribution in [1.29, 1.82) is 0 Å². The lowest BCUT2D eigenvalue weighted by Gasteiger charge is -2.03. The third kappa shape index (κ3) is 4.92. The van der Waals surface area contributed by atoms with Crippen LogP contribution in [0, 0.1) is 0 Å². The molecule has 1 heterocycles. The second kappa shape index (κ2) is 8.23. The van der Waals surface area contributed by atoms with E-state index < -0.39 is 5.97 Å². The lowest BCUT2D eigenvalue weighted by Crippen LogP contribution is -2.07. The Kier molecular flexibility index (Phi) is 6.02. The van der Waals surface area contributed by atoms with Crippen molar-refractivity contribution in [3.8, 4) is 0 Å². The normalized spacial score (nSPS) is 10.2. The second-order valence-electron chi connectivity index (χ2n) is 4.26. The van der Waals surface area contributed by atoms with Gasteiger partial charge in [-0.05, 0) is 12.5 Å². The minimum atomic E-state index is -0.464. The van der Waals surface area contributed by atoms with E-state index in [0.29, 0.717) is 11.8 Å². The van der Waals surface area contributed by atoms with Gasteiger partial charge in [0.25, 0.3) is 0 Å². The Morgan fingerprint density at radius 2 is 2.00 bits per heavy atom. The van der Waals surface area contributed by atoms with Crippen LogP contribution in [0.2, 0.25) is 0 Å². The van der Waals surface area contributed by atoms with Gasteiger partial charge in [-0.2, -0.15) is 0 Å². The molecule has 0 spiro atoms. The van der Waals surface area contributed by atoms with Gasteiger partial charge >= 0.3 is 11.9 Å². The molecule has 0 saturated heterocycles. The van der Waals surface area contributed by atoms with Crippen LogP contribution >= 0.6 is 11.8 Å². The van der Waals surface area contributed by atoms with Crippen molar-refractivity contribution in [2.75, 3.05) is 12.4 Å². The van der Waals surface area contributed by atoms with Crippen molar-refractivity contribution < 1.29 is 19.1 Å². The van der Waals surface area contributed by atoms with Crippen LogP contribution < -0.4 is 0 Å². The highest BCUT2D eigenvalue weighted by atomic mass is 32.2. The first-order valence-electron chi connectivity index (χ1n) is 6.73. The molecule has 2 aromatic rings. The molecule has 1 aromatic heterocycles. The predicted octanol–water partition coefficient (Wildman–Crippen LogP) is 2.42. The van der Waals surface area contributed by atoms with Crippen LogP contribution in [0.5, 0.6) is 0 Å². The van der Waals surface area contributed by atoms with Crippen LogP contribution in [-0.4, -0.2) is 34.3 Å². The average Bonchev–Trinajstić information content (AvgIpc) is 3.01. The molecular weight excluding hydrogens is 304 g/mol. The number of thioether (sulfide) groups is 1. The molecule has 0 radical (unpaired) electrons. The maximum absolute atomic E-state index is 11.7. The van der Waals surface area contributed by atoms with Gasteiger partial charge in [0, 0.05) is 0 Å². The number of benzene rings is 1. The molecule has 7 heteroatoms. The maximum atomic E-state index is 11.7. The largest absolute Gasteiger partial charge is 0.461 e. The molecule has 1 N–H and O–H groups in total. The summed E-state index contributed by atoms with van der Waals surface area (Å²) in [5.41, 5.74) is 1.20. The number of aromatic nitrogens is 2. The molecule has 0 amide bonds. The maximum Gasteiger partial charge on any atom is 0.356 e. The number of aromatic amines is 1. The summed E-state index contributed by atoms with van der Waals surface area (Å²) < 4.78 is 9.99. The van der Waals surface area contributed by atoms with Crippen molar-refractivity contribution in [2.24, 2.45) is 0 Å². The minimum absolute atomic E-state index is 0.114. The summed E-state index contributed by atoms with van der Waals surface area (Å²) in [6, 6.07) is 9.45. The number of H-pyrrole nitrogens is 1. The van der Waals surface area contributed by atoms with E-state index >= 15 is 0 Å². The van der Waals surface area contributed by atoms with E-state index in [4.69, 9.17) is 9.47 Å². The molecule has 6 nitrogen and oxygen atoms in total. The first-order chi connectivity index (χ1) is 10.7. The lowest BCUT2D eigenvalue weighted by molar-refractivity contribution is -0.141. The molecule has 116 valence electrons.